The zero-order chi connectivity index (χ0) is 17.8. The molecule has 136 valence electrons. The lowest BCUT2D eigenvalue weighted by Gasteiger charge is -2.43. The Morgan fingerprint density at radius 3 is 2.28 bits per heavy atom. The molecule has 2 aliphatic rings. The van der Waals surface area contributed by atoms with Crippen LogP contribution in [0.15, 0.2) is 24.3 Å². The molecule has 1 aromatic rings. The minimum atomic E-state index is -0.679. The molecule has 0 radical (unpaired) electrons. The lowest BCUT2D eigenvalue weighted by atomic mass is 9.83. The third-order valence-corrected chi connectivity index (χ3v) is 5.45. The largest absolute Gasteiger partial charge is 0.497 e. The first-order valence-electron chi connectivity index (χ1n) is 9.00. The molecule has 0 unspecified atom stereocenters. The monoisotopic (exact) mass is 346 g/mol. The van der Waals surface area contributed by atoms with Crippen molar-refractivity contribution in [2.75, 3.05) is 33.3 Å². The third-order valence-electron chi connectivity index (χ3n) is 5.45. The lowest BCUT2D eigenvalue weighted by molar-refractivity contribution is -0.146. The Morgan fingerprint density at radius 2 is 1.68 bits per heavy atom. The fraction of sp³-hybridized carbons (Fsp3) is 0.579. The van der Waals surface area contributed by atoms with Gasteiger partial charge in [-0.2, -0.15) is 0 Å². The van der Waals surface area contributed by atoms with Crippen molar-refractivity contribution in [2.45, 2.75) is 31.7 Å². The minimum Gasteiger partial charge on any atom is -0.497 e. The number of nitrogens with zero attached hydrogens (tertiary/aromatic N) is 2. The molecule has 1 aromatic carbocycles. The summed E-state index contributed by atoms with van der Waals surface area (Å²) < 4.78 is 5.13. The van der Waals surface area contributed by atoms with Gasteiger partial charge in [-0.3, -0.25) is 14.5 Å². The van der Waals surface area contributed by atoms with Gasteiger partial charge in [-0.05, 0) is 37.1 Å². The third kappa shape index (κ3) is 3.95. The van der Waals surface area contributed by atoms with E-state index < -0.39 is 5.97 Å². The summed E-state index contributed by atoms with van der Waals surface area (Å²) in [6.07, 6.45) is 3.82. The van der Waals surface area contributed by atoms with Gasteiger partial charge in [-0.1, -0.05) is 12.8 Å². The predicted octanol–water partition coefficient (Wildman–Crippen LogP) is 2.10. The Balaban J connectivity index is 1.59. The molecule has 1 saturated heterocycles. The van der Waals surface area contributed by atoms with Crippen molar-refractivity contribution in [2.24, 2.45) is 5.92 Å². The van der Waals surface area contributed by atoms with Crippen LogP contribution in [0.5, 0.6) is 5.75 Å². The highest BCUT2D eigenvalue weighted by Crippen LogP contribution is 2.29. The number of benzene rings is 1. The number of hydrogen-bond donors (Lipinski definition) is 1. The number of methoxy groups -OCH3 is 1. The zero-order valence-corrected chi connectivity index (χ0v) is 14.7. The van der Waals surface area contributed by atoms with Crippen molar-refractivity contribution < 1.29 is 19.4 Å². The summed E-state index contributed by atoms with van der Waals surface area (Å²) in [5.74, 6) is -0.182. The van der Waals surface area contributed by atoms with Gasteiger partial charge in [0.05, 0.1) is 13.0 Å². The van der Waals surface area contributed by atoms with Gasteiger partial charge < -0.3 is 14.7 Å². The number of ether oxygens (including phenoxy) is 1. The highest BCUT2D eigenvalue weighted by molar-refractivity contribution is 5.94. The van der Waals surface area contributed by atoms with Crippen LogP contribution in [0.25, 0.3) is 0 Å². The maximum absolute atomic E-state index is 12.6. The number of carbonyl (C=O) groups excluding carboxylic acids is 1. The van der Waals surface area contributed by atoms with E-state index in [0.29, 0.717) is 18.7 Å². The van der Waals surface area contributed by atoms with E-state index in [1.165, 1.54) is 0 Å². The summed E-state index contributed by atoms with van der Waals surface area (Å²) >= 11 is 0. The molecular formula is C19H26N2O4. The first kappa shape index (κ1) is 17.7. The molecule has 0 spiro atoms. The van der Waals surface area contributed by atoms with Crippen molar-refractivity contribution in [1.82, 2.24) is 9.80 Å². The molecule has 2 atom stereocenters. The molecule has 1 amide bonds. The van der Waals surface area contributed by atoms with Gasteiger partial charge in [-0.25, -0.2) is 0 Å². The second-order valence-electron chi connectivity index (χ2n) is 6.85. The van der Waals surface area contributed by atoms with E-state index in [1.54, 1.807) is 31.4 Å². The Morgan fingerprint density at radius 1 is 1.04 bits per heavy atom. The molecule has 1 aliphatic carbocycles. The molecule has 2 fully saturated rings. The van der Waals surface area contributed by atoms with E-state index in [0.717, 1.165) is 44.5 Å². The van der Waals surface area contributed by atoms with Crippen LogP contribution in [0.4, 0.5) is 0 Å². The minimum absolute atomic E-state index is 0.0285. The van der Waals surface area contributed by atoms with Crippen molar-refractivity contribution in [3.05, 3.63) is 29.8 Å². The maximum atomic E-state index is 12.6. The fourth-order valence-electron chi connectivity index (χ4n) is 4.01. The van der Waals surface area contributed by atoms with Crippen LogP contribution >= 0.6 is 0 Å². The molecule has 1 saturated carbocycles. The van der Waals surface area contributed by atoms with Gasteiger partial charge in [0.25, 0.3) is 5.91 Å². The summed E-state index contributed by atoms with van der Waals surface area (Å²) in [6, 6.07) is 7.28. The Labute approximate surface area is 148 Å². The van der Waals surface area contributed by atoms with Crippen molar-refractivity contribution in [3.8, 4) is 5.75 Å². The number of aliphatic carboxylic acids is 1. The molecule has 0 bridgehead atoms. The second kappa shape index (κ2) is 7.87. The second-order valence-corrected chi connectivity index (χ2v) is 6.85. The van der Waals surface area contributed by atoms with E-state index in [-0.39, 0.29) is 17.9 Å². The van der Waals surface area contributed by atoms with E-state index in [1.807, 2.05) is 4.90 Å². The molecule has 3 rings (SSSR count). The van der Waals surface area contributed by atoms with Crippen LogP contribution in [0.1, 0.15) is 36.0 Å². The Hall–Kier alpha value is -2.08. The van der Waals surface area contributed by atoms with Gasteiger partial charge in [0, 0.05) is 37.8 Å². The van der Waals surface area contributed by atoms with E-state index >= 15 is 0 Å². The number of piperazine rings is 1. The van der Waals surface area contributed by atoms with Gasteiger partial charge in [0.1, 0.15) is 5.75 Å². The smallest absolute Gasteiger partial charge is 0.308 e. The molecule has 1 aliphatic heterocycles. The van der Waals surface area contributed by atoms with Gasteiger partial charge in [-0.15, -0.1) is 0 Å². The SMILES string of the molecule is COc1ccc(C(=O)N2CCN([C@@H]3CCCC[C@H]3C(=O)O)CC2)cc1. The highest BCUT2D eigenvalue weighted by Gasteiger charge is 2.36. The normalized spacial score (nSPS) is 24.8. The molecule has 6 heteroatoms. The van der Waals surface area contributed by atoms with Crippen LogP contribution < -0.4 is 4.74 Å². The number of amides is 1. The fourth-order valence-corrected chi connectivity index (χ4v) is 4.01. The number of rotatable bonds is 4. The predicted molar refractivity (Wildman–Crippen MR) is 93.9 cm³/mol. The van der Waals surface area contributed by atoms with E-state index in [2.05, 4.69) is 4.90 Å². The molecule has 1 heterocycles. The van der Waals surface area contributed by atoms with Gasteiger partial charge in [0.15, 0.2) is 0 Å². The van der Waals surface area contributed by atoms with E-state index in [4.69, 9.17) is 4.74 Å². The molecule has 6 nitrogen and oxygen atoms in total. The van der Waals surface area contributed by atoms with Crippen LogP contribution in [-0.4, -0.2) is 66.1 Å². The molecular weight excluding hydrogens is 320 g/mol. The molecule has 0 aromatic heterocycles. The number of carboxylic acids is 1. The van der Waals surface area contributed by atoms with E-state index in [9.17, 15) is 14.7 Å². The van der Waals surface area contributed by atoms with Crippen LogP contribution in [-0.2, 0) is 4.79 Å². The first-order chi connectivity index (χ1) is 12.1. The van der Waals surface area contributed by atoms with Crippen LogP contribution in [0, 0.1) is 5.92 Å². The van der Waals surface area contributed by atoms with Gasteiger partial charge >= 0.3 is 5.97 Å². The molecule has 25 heavy (non-hydrogen) atoms. The molecule has 1 N–H and O–H groups in total. The number of carbonyl (C=O) groups is 2. The Bertz CT molecular complexity index is 608. The van der Waals surface area contributed by atoms with Crippen molar-refractivity contribution in [3.63, 3.8) is 0 Å². The summed E-state index contributed by atoms with van der Waals surface area (Å²) in [5, 5.41) is 9.47. The summed E-state index contributed by atoms with van der Waals surface area (Å²) in [5.41, 5.74) is 0.662. The van der Waals surface area contributed by atoms with Gasteiger partial charge in [0.2, 0.25) is 0 Å². The number of carboxylic acid groups (broad SMARTS) is 1. The summed E-state index contributed by atoms with van der Waals surface area (Å²) in [4.78, 5) is 28.3. The summed E-state index contributed by atoms with van der Waals surface area (Å²) in [6.45, 7) is 2.79. The standard InChI is InChI=1S/C19H26N2O4/c1-25-15-8-6-14(7-9-15)18(22)21-12-10-20(11-13-21)17-5-3-2-4-16(17)19(23)24/h6-9,16-17H,2-5,10-13H2,1H3,(H,23,24)/t16-,17-/m1/s1. The highest BCUT2D eigenvalue weighted by atomic mass is 16.5. The van der Waals surface area contributed by atoms with Crippen LogP contribution in [0.3, 0.4) is 0 Å². The van der Waals surface area contributed by atoms with Crippen LogP contribution in [0.2, 0.25) is 0 Å². The first-order valence-corrected chi connectivity index (χ1v) is 9.00. The maximum Gasteiger partial charge on any atom is 0.308 e. The van der Waals surface area contributed by atoms with Crippen molar-refractivity contribution in [1.29, 1.82) is 0 Å². The van der Waals surface area contributed by atoms with Crippen molar-refractivity contribution >= 4 is 11.9 Å². The topological polar surface area (TPSA) is 70.1 Å². The number of hydrogen-bond acceptors (Lipinski definition) is 4. The zero-order valence-electron chi connectivity index (χ0n) is 14.7. The lowest BCUT2D eigenvalue weighted by Crippen LogP contribution is -2.55. The quantitative estimate of drug-likeness (QED) is 0.904. The summed E-state index contributed by atoms with van der Waals surface area (Å²) in [7, 11) is 1.60. The average Bonchev–Trinajstić information content (AvgIpc) is 2.67. The Kier molecular flexibility index (Phi) is 5.58. The average molecular weight is 346 g/mol.